The average molecular weight is 467 g/mol. The summed E-state index contributed by atoms with van der Waals surface area (Å²) in [4.78, 5) is 40.8. The number of piperidine rings is 1. The Morgan fingerprint density at radius 3 is 2.52 bits per heavy atom. The molecule has 3 amide bonds. The van der Waals surface area contributed by atoms with Crippen LogP contribution in [-0.4, -0.2) is 53.6 Å². The fraction of sp³-hybridized carbons (Fsp3) is 0.320. The number of hydrogen-bond acceptors (Lipinski definition) is 6. The summed E-state index contributed by atoms with van der Waals surface area (Å²) in [6.07, 6.45) is 4.66. The molecule has 4 rings (SSSR count). The Morgan fingerprint density at radius 1 is 1.03 bits per heavy atom. The van der Waals surface area contributed by atoms with Crippen LogP contribution in [0, 0.1) is 0 Å². The number of ether oxygens (including phenoxy) is 2. The molecule has 0 unspecified atom stereocenters. The van der Waals surface area contributed by atoms with E-state index in [1.165, 1.54) is 0 Å². The summed E-state index contributed by atoms with van der Waals surface area (Å²) >= 11 is 0.846. The highest BCUT2D eigenvalue weighted by Gasteiger charge is 2.37. The number of methoxy groups -OCH3 is 1. The maximum absolute atomic E-state index is 12.8. The number of hydrogen-bond donors (Lipinski definition) is 0. The van der Waals surface area contributed by atoms with Crippen molar-refractivity contribution < 1.29 is 23.9 Å². The van der Waals surface area contributed by atoms with Crippen molar-refractivity contribution in [3.8, 4) is 11.5 Å². The molecule has 0 aromatic heterocycles. The third kappa shape index (κ3) is 5.57. The number of thioether (sulfide) groups is 1. The van der Waals surface area contributed by atoms with E-state index in [0.29, 0.717) is 36.8 Å². The van der Waals surface area contributed by atoms with Crippen LogP contribution in [0.3, 0.4) is 0 Å². The summed E-state index contributed by atoms with van der Waals surface area (Å²) in [5, 5.41) is -0.425. The molecule has 8 heteroatoms. The zero-order valence-electron chi connectivity index (χ0n) is 18.5. The Bertz CT molecular complexity index is 1060. The largest absolute Gasteiger partial charge is 0.493 e. The molecule has 172 valence electrons. The van der Waals surface area contributed by atoms with Gasteiger partial charge in [-0.1, -0.05) is 36.4 Å². The molecule has 2 saturated heterocycles. The molecule has 2 aromatic rings. The van der Waals surface area contributed by atoms with Crippen LogP contribution in [0.15, 0.2) is 53.4 Å². The number of carbonyl (C=O) groups excluding carboxylic acids is 3. The lowest BCUT2D eigenvalue weighted by Gasteiger charge is -2.27. The molecule has 7 nitrogen and oxygen atoms in total. The lowest BCUT2D eigenvalue weighted by atomic mass is 10.1. The van der Waals surface area contributed by atoms with Crippen LogP contribution in [0.1, 0.15) is 30.4 Å². The summed E-state index contributed by atoms with van der Waals surface area (Å²) in [5.41, 5.74) is 1.74. The molecule has 33 heavy (non-hydrogen) atoms. The van der Waals surface area contributed by atoms with Gasteiger partial charge < -0.3 is 14.4 Å². The molecule has 2 aliphatic heterocycles. The van der Waals surface area contributed by atoms with Gasteiger partial charge in [-0.15, -0.1) is 0 Å². The van der Waals surface area contributed by atoms with E-state index in [-0.39, 0.29) is 17.4 Å². The minimum absolute atomic E-state index is 0.181. The van der Waals surface area contributed by atoms with Gasteiger partial charge in [-0.25, -0.2) is 0 Å². The first-order chi connectivity index (χ1) is 16.0. The van der Waals surface area contributed by atoms with Gasteiger partial charge in [0, 0.05) is 13.1 Å². The first-order valence-corrected chi connectivity index (χ1v) is 11.7. The van der Waals surface area contributed by atoms with E-state index in [0.717, 1.165) is 41.5 Å². The van der Waals surface area contributed by atoms with Gasteiger partial charge in [-0.3, -0.25) is 19.3 Å². The van der Waals surface area contributed by atoms with E-state index in [1.807, 2.05) is 30.3 Å². The highest BCUT2D eigenvalue weighted by atomic mass is 32.2. The number of likely N-dealkylation sites (tertiary alicyclic amines) is 1. The van der Waals surface area contributed by atoms with Crippen LogP contribution in [0.4, 0.5) is 4.79 Å². The molecule has 0 aliphatic carbocycles. The minimum atomic E-state index is -0.446. The van der Waals surface area contributed by atoms with Crippen LogP contribution in [0.5, 0.6) is 11.5 Å². The maximum Gasteiger partial charge on any atom is 0.294 e. The van der Waals surface area contributed by atoms with Gasteiger partial charge in [0.2, 0.25) is 5.91 Å². The Kier molecular flexibility index (Phi) is 7.34. The first kappa shape index (κ1) is 22.9. The molecule has 2 aromatic carbocycles. The Balaban J connectivity index is 1.43. The Morgan fingerprint density at radius 2 is 1.79 bits per heavy atom. The highest BCUT2D eigenvalue weighted by molar-refractivity contribution is 8.18. The standard InChI is InChI=1S/C25H26N2O5S/c1-31-21-14-19(10-11-20(21)32-17-18-8-4-2-5-9-18)15-22-24(29)27(25(30)33-22)16-23(28)26-12-6-3-7-13-26/h2,4-5,8-11,14-15H,3,6-7,12-13,16-17H2,1H3/b22-15+. The van der Waals surface area contributed by atoms with Crippen molar-refractivity contribution in [1.29, 1.82) is 0 Å². The number of benzene rings is 2. The minimum Gasteiger partial charge on any atom is -0.493 e. The predicted molar refractivity (Wildman–Crippen MR) is 127 cm³/mol. The van der Waals surface area contributed by atoms with Crippen molar-refractivity contribution in [3.63, 3.8) is 0 Å². The van der Waals surface area contributed by atoms with Crippen LogP contribution in [0.2, 0.25) is 0 Å². The van der Waals surface area contributed by atoms with Crippen LogP contribution in [-0.2, 0) is 16.2 Å². The van der Waals surface area contributed by atoms with E-state index >= 15 is 0 Å². The molecule has 0 spiro atoms. The molecule has 0 atom stereocenters. The molecule has 0 saturated carbocycles. The monoisotopic (exact) mass is 466 g/mol. The summed E-state index contributed by atoms with van der Waals surface area (Å²) in [7, 11) is 1.55. The molecule has 2 fully saturated rings. The van der Waals surface area contributed by atoms with Gasteiger partial charge in [0.25, 0.3) is 11.1 Å². The fourth-order valence-electron chi connectivity index (χ4n) is 3.79. The summed E-state index contributed by atoms with van der Waals surface area (Å²) < 4.78 is 11.3. The molecule has 0 N–H and O–H groups in total. The van der Waals surface area contributed by atoms with Gasteiger partial charge in [0.1, 0.15) is 13.2 Å². The molecule has 2 heterocycles. The van der Waals surface area contributed by atoms with Gasteiger partial charge in [0.15, 0.2) is 11.5 Å². The normalized spacial score (nSPS) is 17.5. The quantitative estimate of drug-likeness (QED) is 0.566. The average Bonchev–Trinajstić information content (AvgIpc) is 3.11. The topological polar surface area (TPSA) is 76.2 Å². The second-order valence-electron chi connectivity index (χ2n) is 7.89. The van der Waals surface area contributed by atoms with E-state index in [1.54, 1.807) is 36.3 Å². The van der Waals surface area contributed by atoms with E-state index in [9.17, 15) is 14.4 Å². The van der Waals surface area contributed by atoms with Crippen LogP contribution in [0.25, 0.3) is 6.08 Å². The van der Waals surface area contributed by atoms with Crippen molar-refractivity contribution in [3.05, 3.63) is 64.6 Å². The maximum atomic E-state index is 12.8. The van der Waals surface area contributed by atoms with Gasteiger partial charge in [0.05, 0.1) is 12.0 Å². The van der Waals surface area contributed by atoms with Crippen molar-refractivity contribution in [2.75, 3.05) is 26.7 Å². The lowest BCUT2D eigenvalue weighted by molar-refractivity contribution is -0.136. The number of carbonyl (C=O) groups is 3. The van der Waals surface area contributed by atoms with Crippen molar-refractivity contribution in [2.45, 2.75) is 25.9 Å². The molecule has 2 aliphatic rings. The predicted octanol–water partition coefficient (Wildman–Crippen LogP) is 4.32. The van der Waals surface area contributed by atoms with Crippen molar-refractivity contribution >= 4 is 34.9 Å². The van der Waals surface area contributed by atoms with Gasteiger partial charge in [-0.2, -0.15) is 0 Å². The highest BCUT2D eigenvalue weighted by Crippen LogP contribution is 2.35. The third-order valence-corrected chi connectivity index (χ3v) is 6.51. The van der Waals surface area contributed by atoms with E-state index in [2.05, 4.69) is 0 Å². The Hall–Kier alpha value is -3.26. The summed E-state index contributed by atoms with van der Waals surface area (Å²) in [5.74, 6) is 0.483. The van der Waals surface area contributed by atoms with Crippen LogP contribution >= 0.6 is 11.8 Å². The zero-order valence-corrected chi connectivity index (χ0v) is 19.3. The van der Waals surface area contributed by atoms with Crippen molar-refractivity contribution in [1.82, 2.24) is 9.80 Å². The van der Waals surface area contributed by atoms with E-state index < -0.39 is 11.1 Å². The second-order valence-corrected chi connectivity index (χ2v) is 8.89. The number of nitrogens with zero attached hydrogens (tertiary/aromatic N) is 2. The lowest BCUT2D eigenvalue weighted by Crippen LogP contribution is -2.44. The van der Waals surface area contributed by atoms with Crippen LogP contribution < -0.4 is 9.47 Å². The first-order valence-electron chi connectivity index (χ1n) is 10.9. The third-order valence-electron chi connectivity index (χ3n) is 5.60. The number of imide groups is 1. The summed E-state index contributed by atoms with van der Waals surface area (Å²) in [6.45, 7) is 1.56. The van der Waals surface area contributed by atoms with E-state index in [4.69, 9.17) is 9.47 Å². The Labute approximate surface area is 197 Å². The van der Waals surface area contributed by atoms with Gasteiger partial charge in [-0.05, 0) is 60.4 Å². The smallest absolute Gasteiger partial charge is 0.294 e. The SMILES string of the molecule is COc1cc(/C=C2/SC(=O)N(CC(=O)N3CCCCC3)C2=O)ccc1OCc1ccccc1. The molecule has 0 radical (unpaired) electrons. The van der Waals surface area contributed by atoms with Gasteiger partial charge >= 0.3 is 0 Å². The fourth-order valence-corrected chi connectivity index (χ4v) is 4.63. The summed E-state index contributed by atoms with van der Waals surface area (Å²) in [6, 6.07) is 15.1. The second kappa shape index (κ2) is 10.6. The number of rotatable bonds is 7. The molecule has 0 bridgehead atoms. The molecular formula is C25H26N2O5S. The van der Waals surface area contributed by atoms with Crippen molar-refractivity contribution in [2.24, 2.45) is 0 Å². The number of amides is 3. The molecular weight excluding hydrogens is 440 g/mol. The zero-order chi connectivity index (χ0) is 23.2.